The molecule has 1 N–H and O–H groups in total. The zero-order valence-electron chi connectivity index (χ0n) is 28.4. The minimum Gasteiger partial charge on any atom is -0.744 e. The Labute approximate surface area is 472 Å². The number of esters is 1. The van der Waals surface area contributed by atoms with Crippen LogP contribution < -0.4 is 216 Å². The molecule has 1 amide bonds. The molecule has 0 unspecified atom stereocenters. The van der Waals surface area contributed by atoms with E-state index in [1.807, 2.05) is 0 Å². The van der Waals surface area contributed by atoms with Crippen LogP contribution in [0.5, 0.6) is 0 Å². The zero-order chi connectivity index (χ0) is 36.9. The molecule has 0 saturated heterocycles. The van der Waals surface area contributed by atoms with Gasteiger partial charge in [-0.3, -0.25) is 14.7 Å². The zero-order valence-corrected chi connectivity index (χ0v) is 44.2. The molecule has 0 bridgehead atoms. The fourth-order valence-corrected chi connectivity index (χ4v) is 6.57. The van der Waals surface area contributed by atoms with Gasteiger partial charge in [0.05, 0.1) is 48.7 Å². The first-order valence-electron chi connectivity index (χ1n) is 12.9. The molecule has 0 saturated carbocycles. The van der Waals surface area contributed by atoms with Gasteiger partial charge in [0.2, 0.25) is 0 Å². The second-order valence-corrected chi connectivity index (χ2v) is 15.0. The van der Waals surface area contributed by atoms with Crippen LogP contribution in [0.25, 0.3) is 11.8 Å². The van der Waals surface area contributed by atoms with Gasteiger partial charge in [-0.1, -0.05) is 6.08 Å². The summed E-state index contributed by atoms with van der Waals surface area (Å²) in [5.41, 5.74) is -4.69. The number of carbonyl (C=O) groups is 2. The molecule has 20 nitrogen and oxygen atoms in total. The number of hydrogen-bond acceptors (Lipinski definition) is 17. The maximum atomic E-state index is 13.4. The van der Waals surface area contributed by atoms with Crippen molar-refractivity contribution in [1.29, 1.82) is 0 Å². The number of amides is 1. The first-order chi connectivity index (χ1) is 22.5. The van der Waals surface area contributed by atoms with Crippen LogP contribution in [0.1, 0.15) is 18.2 Å². The van der Waals surface area contributed by atoms with Crippen LogP contribution in [0.15, 0.2) is 83.6 Å². The molecular formula is C25H18K4N4O16S4. The first kappa shape index (κ1) is 54.7. The molecule has 0 radical (unpaired) electrons. The summed E-state index contributed by atoms with van der Waals surface area (Å²) >= 11 is 0. The summed E-state index contributed by atoms with van der Waals surface area (Å²) in [5.74, 6) is -2.58. The van der Waals surface area contributed by atoms with Gasteiger partial charge in [0, 0.05) is 5.69 Å². The minimum atomic E-state index is -5.44. The van der Waals surface area contributed by atoms with Crippen molar-refractivity contribution in [2.45, 2.75) is 33.4 Å². The van der Waals surface area contributed by atoms with Crippen molar-refractivity contribution in [3.8, 4) is 5.69 Å². The number of aryl methyl sites for hydroxylation is 1. The van der Waals surface area contributed by atoms with Crippen molar-refractivity contribution < 1.29 is 272 Å². The smallest absolute Gasteiger partial charge is 0.744 e. The van der Waals surface area contributed by atoms with Crippen LogP contribution in [0.3, 0.4) is 0 Å². The van der Waals surface area contributed by atoms with E-state index in [0.29, 0.717) is 41.1 Å². The van der Waals surface area contributed by atoms with Crippen molar-refractivity contribution in [1.82, 2.24) is 9.78 Å². The van der Waals surface area contributed by atoms with E-state index in [4.69, 9.17) is 4.74 Å². The Bertz CT molecular complexity index is 2550. The Balaban J connectivity index is 0.00000676. The third-order valence-electron chi connectivity index (χ3n) is 6.44. The molecule has 3 aromatic rings. The van der Waals surface area contributed by atoms with E-state index >= 15 is 0 Å². The van der Waals surface area contributed by atoms with E-state index in [9.17, 15) is 66.3 Å². The number of carbonyl (C=O) groups excluding carboxylic acids is 2. The van der Waals surface area contributed by atoms with Gasteiger partial charge in [-0.25, -0.2) is 43.1 Å². The number of benzene rings is 2. The third-order valence-corrected chi connectivity index (χ3v) is 9.87. The van der Waals surface area contributed by atoms with Crippen LogP contribution in [0, 0.1) is 6.92 Å². The van der Waals surface area contributed by atoms with Gasteiger partial charge in [-0.15, -0.1) is 0 Å². The Morgan fingerprint density at radius 3 is 1.72 bits per heavy atom. The van der Waals surface area contributed by atoms with Gasteiger partial charge in [0.25, 0.3) is 11.5 Å². The summed E-state index contributed by atoms with van der Waals surface area (Å²) in [4.78, 5) is 35.1. The van der Waals surface area contributed by atoms with Gasteiger partial charge in [0.15, 0.2) is 5.71 Å². The molecule has 0 spiro atoms. The second-order valence-electron chi connectivity index (χ2n) is 9.59. The van der Waals surface area contributed by atoms with E-state index in [-0.39, 0.29) is 228 Å². The number of nitrogens with zero attached hydrogens (tertiary/aromatic N) is 3. The number of hydrogen-bond donors (Lipinski definition) is 1. The topological polar surface area (TPSA) is 326 Å². The fraction of sp³-hybridized carbons (Fsp3) is 0.120. The number of ether oxygens (including phenoxy) is 1. The van der Waals surface area contributed by atoms with E-state index in [0.717, 1.165) is 18.2 Å². The standard InChI is InChI=1S/C25H22N4O16S4.4K/c1-3-45-25(32)22-17(24(31)29(27-22)19-12-15(47(36,37)38)8-10-21(19)49(42,43)44)6-4-5-16-13(2)26-28(23(16)30)18-11-14(46(33,34)35)7-9-20(18)48(39,40)41;;;;/h4-12,26H,3H2,1-2H3,(H,33,34,35)(H,36,37,38)(H,39,40,41)(H,42,43,44);;;;/q;4*+1/p-4/b5-4+,17-6+;;;;. The number of anilines is 1. The van der Waals surface area contributed by atoms with Crippen molar-refractivity contribution in [3.05, 3.63) is 75.7 Å². The predicted octanol–water partition coefficient (Wildman–Crippen LogP) is -13.0. The van der Waals surface area contributed by atoms with Crippen molar-refractivity contribution in [2.24, 2.45) is 5.10 Å². The van der Waals surface area contributed by atoms with Gasteiger partial charge in [-0.05, 0) is 62.4 Å². The largest absolute Gasteiger partial charge is 1.00 e. The van der Waals surface area contributed by atoms with E-state index in [2.05, 4.69) is 10.2 Å². The molecule has 2 heterocycles. The molecule has 1 aromatic heterocycles. The molecule has 0 atom stereocenters. The monoisotopic (exact) mass is 914 g/mol. The molecular weight excluding hydrogens is 897 g/mol. The third kappa shape index (κ3) is 13.1. The molecule has 4 rings (SSSR count). The number of allylic oxidation sites excluding steroid dienone is 2. The molecule has 1 aliphatic rings. The summed E-state index contributed by atoms with van der Waals surface area (Å²) in [6.07, 6.45) is 2.83. The Hall–Kier alpha value is 1.73. The Morgan fingerprint density at radius 1 is 0.792 bits per heavy atom. The van der Waals surface area contributed by atoms with Crippen LogP contribution in [-0.4, -0.2) is 85.9 Å². The summed E-state index contributed by atoms with van der Waals surface area (Å²) in [6.45, 7) is 2.41. The predicted molar refractivity (Wildman–Crippen MR) is 158 cm³/mol. The summed E-state index contributed by atoms with van der Waals surface area (Å²) in [7, 11) is -21.2. The maximum Gasteiger partial charge on any atom is 1.00 e. The van der Waals surface area contributed by atoms with Gasteiger partial charge in [0.1, 0.15) is 40.5 Å². The molecule has 2 aromatic carbocycles. The molecule has 0 aliphatic carbocycles. The number of rotatable bonds is 10. The number of nitrogens with one attached hydrogen (secondary N) is 1. The molecule has 28 heteroatoms. The fourth-order valence-electron chi connectivity index (χ4n) is 4.31. The molecule has 53 heavy (non-hydrogen) atoms. The van der Waals surface area contributed by atoms with E-state index < -0.39 is 100 Å². The van der Waals surface area contributed by atoms with Gasteiger partial charge < -0.3 is 22.9 Å². The Kier molecular flexibility index (Phi) is 22.0. The average Bonchev–Trinajstić information content (AvgIpc) is 3.45. The summed E-state index contributed by atoms with van der Waals surface area (Å²) in [5, 5.41) is 6.28. The van der Waals surface area contributed by atoms with Crippen molar-refractivity contribution in [2.75, 3.05) is 11.6 Å². The SMILES string of the molecule is CCOC(=O)C1=NN(c2cc(S(=O)(=O)[O-])ccc2S(=O)(=O)[O-])C(=O)/C1=C/C=C/c1c(C)[nH]n(-c2cc(S(=O)(=O)[O-])ccc2S(=O)(=O)[O-])c1=O.[K+].[K+].[K+].[K+]. The van der Waals surface area contributed by atoms with Gasteiger partial charge in [-0.2, -0.15) is 10.1 Å². The van der Waals surface area contributed by atoms with E-state index in [1.54, 1.807) is 0 Å². The van der Waals surface area contributed by atoms with Crippen molar-refractivity contribution >= 4 is 69.8 Å². The second kappa shape index (κ2) is 21.3. The van der Waals surface area contributed by atoms with Crippen LogP contribution >= 0.6 is 0 Å². The van der Waals surface area contributed by atoms with Crippen LogP contribution in [-0.2, 0) is 54.8 Å². The molecule has 262 valence electrons. The number of aromatic amines is 1. The maximum absolute atomic E-state index is 13.4. The average molecular weight is 915 g/mol. The van der Waals surface area contributed by atoms with Gasteiger partial charge >= 0.3 is 212 Å². The van der Waals surface area contributed by atoms with Crippen molar-refractivity contribution in [3.63, 3.8) is 0 Å². The van der Waals surface area contributed by atoms with E-state index in [1.165, 1.54) is 13.8 Å². The Morgan fingerprint density at radius 2 is 1.26 bits per heavy atom. The molecule has 0 fully saturated rings. The number of aromatic nitrogens is 2. The van der Waals surface area contributed by atoms with Crippen LogP contribution in [0.2, 0.25) is 0 Å². The molecule has 1 aliphatic heterocycles. The van der Waals surface area contributed by atoms with Crippen LogP contribution in [0.4, 0.5) is 5.69 Å². The summed E-state index contributed by atoms with van der Waals surface area (Å²) in [6, 6.07) is 2.89. The number of H-pyrrole nitrogens is 1. The summed E-state index contributed by atoms with van der Waals surface area (Å²) < 4.78 is 146. The minimum absolute atomic E-state index is 0. The first-order valence-corrected chi connectivity index (χ1v) is 18.5. The normalized spacial score (nSPS) is 14.2. The number of hydrazone groups is 1. The quantitative estimate of drug-likeness (QED) is 0.0854.